The van der Waals surface area contributed by atoms with E-state index >= 15 is 0 Å². The molecule has 7 heteroatoms. The van der Waals surface area contributed by atoms with Crippen molar-refractivity contribution < 1.29 is 14.7 Å². The van der Waals surface area contributed by atoms with Crippen LogP contribution in [0.2, 0.25) is 0 Å². The van der Waals surface area contributed by atoms with Gasteiger partial charge in [0.2, 0.25) is 5.88 Å². The molecule has 7 nitrogen and oxygen atoms in total. The van der Waals surface area contributed by atoms with Gasteiger partial charge in [-0.15, -0.1) is 0 Å². The minimum Gasteiger partial charge on any atom is -0.489 e. The summed E-state index contributed by atoms with van der Waals surface area (Å²) in [5, 5.41) is 11.4. The molecule has 1 heterocycles. The molecule has 0 saturated carbocycles. The van der Waals surface area contributed by atoms with E-state index in [9.17, 15) is 0 Å². The first-order valence-electron chi connectivity index (χ1n) is 7.49. The summed E-state index contributed by atoms with van der Waals surface area (Å²) in [6.45, 7) is 0.502. The minimum absolute atomic E-state index is 0.112. The van der Waals surface area contributed by atoms with Gasteiger partial charge in [-0.1, -0.05) is 35.5 Å². The number of ether oxygens (including phenoxy) is 2. The van der Waals surface area contributed by atoms with Gasteiger partial charge < -0.3 is 20.4 Å². The molecule has 0 aliphatic rings. The van der Waals surface area contributed by atoms with Gasteiger partial charge in [0, 0.05) is 0 Å². The standard InChI is InChI=1S/C18H16N4O3/c19-18(22-23)16-10-21-17(11-20-16)25-15-8-6-14(7-9-15)24-12-13-4-2-1-3-5-13/h1-11,23H,12H2,(H2,19,22). The van der Waals surface area contributed by atoms with Crippen LogP contribution in [0.1, 0.15) is 11.3 Å². The second-order valence-electron chi connectivity index (χ2n) is 5.07. The van der Waals surface area contributed by atoms with Crippen LogP contribution in [-0.2, 0) is 6.61 Å². The zero-order valence-electron chi connectivity index (χ0n) is 13.2. The molecule has 0 fully saturated rings. The van der Waals surface area contributed by atoms with Crippen molar-refractivity contribution in [3.8, 4) is 17.4 Å². The van der Waals surface area contributed by atoms with Crippen LogP contribution in [0.3, 0.4) is 0 Å². The maximum absolute atomic E-state index is 8.59. The second-order valence-corrected chi connectivity index (χ2v) is 5.07. The number of hydrogen-bond acceptors (Lipinski definition) is 6. The van der Waals surface area contributed by atoms with Crippen LogP contribution < -0.4 is 15.2 Å². The van der Waals surface area contributed by atoms with Crippen molar-refractivity contribution in [1.82, 2.24) is 9.97 Å². The first-order valence-corrected chi connectivity index (χ1v) is 7.49. The normalized spacial score (nSPS) is 11.1. The molecule has 3 N–H and O–H groups in total. The third kappa shape index (κ3) is 4.44. The molecular formula is C18H16N4O3. The van der Waals surface area contributed by atoms with E-state index in [0.717, 1.165) is 11.3 Å². The molecule has 0 aliphatic carbocycles. The first kappa shape index (κ1) is 16.3. The van der Waals surface area contributed by atoms with Crippen LogP contribution in [0.4, 0.5) is 0 Å². The van der Waals surface area contributed by atoms with Gasteiger partial charge in [0.1, 0.15) is 23.8 Å². The molecule has 3 aromatic rings. The predicted molar refractivity (Wildman–Crippen MR) is 91.8 cm³/mol. The van der Waals surface area contributed by atoms with Gasteiger partial charge in [-0.3, -0.25) is 0 Å². The summed E-state index contributed by atoms with van der Waals surface area (Å²) in [6.07, 6.45) is 2.76. The van der Waals surface area contributed by atoms with Gasteiger partial charge in [0.05, 0.1) is 12.4 Å². The van der Waals surface area contributed by atoms with Crippen molar-refractivity contribution in [1.29, 1.82) is 0 Å². The topological polar surface area (TPSA) is 103 Å². The van der Waals surface area contributed by atoms with E-state index in [0.29, 0.717) is 18.2 Å². The lowest BCUT2D eigenvalue weighted by molar-refractivity contribution is 0.305. The van der Waals surface area contributed by atoms with Crippen LogP contribution in [-0.4, -0.2) is 21.0 Å². The third-order valence-corrected chi connectivity index (χ3v) is 3.29. The fraction of sp³-hybridized carbons (Fsp3) is 0.0556. The number of benzene rings is 2. The van der Waals surface area contributed by atoms with Crippen LogP contribution in [0, 0.1) is 0 Å². The highest BCUT2D eigenvalue weighted by atomic mass is 16.5. The Kier molecular flexibility index (Phi) is 5.06. The van der Waals surface area contributed by atoms with Gasteiger partial charge in [0.25, 0.3) is 0 Å². The average Bonchev–Trinajstić information content (AvgIpc) is 2.68. The summed E-state index contributed by atoms with van der Waals surface area (Å²) in [7, 11) is 0. The molecule has 3 rings (SSSR count). The van der Waals surface area contributed by atoms with E-state index in [1.54, 1.807) is 12.1 Å². The Labute approximate surface area is 144 Å². The Hall–Kier alpha value is -3.61. The highest BCUT2D eigenvalue weighted by molar-refractivity contribution is 5.94. The number of rotatable bonds is 6. The van der Waals surface area contributed by atoms with E-state index in [4.69, 9.17) is 20.4 Å². The number of amidine groups is 1. The lowest BCUT2D eigenvalue weighted by Crippen LogP contribution is -2.15. The van der Waals surface area contributed by atoms with E-state index in [2.05, 4.69) is 15.1 Å². The molecule has 1 aromatic heterocycles. The number of hydrogen-bond donors (Lipinski definition) is 2. The lowest BCUT2D eigenvalue weighted by Gasteiger charge is -2.08. The second kappa shape index (κ2) is 7.78. The highest BCUT2D eigenvalue weighted by Gasteiger charge is 2.04. The molecule has 0 aliphatic heterocycles. The molecule has 0 radical (unpaired) electrons. The van der Waals surface area contributed by atoms with E-state index in [1.165, 1.54) is 12.4 Å². The fourth-order valence-electron chi connectivity index (χ4n) is 2.02. The molecule has 0 atom stereocenters. The van der Waals surface area contributed by atoms with E-state index < -0.39 is 0 Å². The highest BCUT2D eigenvalue weighted by Crippen LogP contribution is 2.22. The van der Waals surface area contributed by atoms with Crippen molar-refractivity contribution in [2.24, 2.45) is 10.9 Å². The number of aromatic nitrogens is 2. The van der Waals surface area contributed by atoms with Crippen LogP contribution in [0.5, 0.6) is 17.4 Å². The van der Waals surface area contributed by atoms with Gasteiger partial charge in [-0.25, -0.2) is 9.97 Å². The van der Waals surface area contributed by atoms with Crippen LogP contribution >= 0.6 is 0 Å². The molecule has 0 unspecified atom stereocenters. The van der Waals surface area contributed by atoms with Crippen molar-refractivity contribution in [3.05, 3.63) is 78.2 Å². The molecule has 25 heavy (non-hydrogen) atoms. The van der Waals surface area contributed by atoms with Crippen molar-refractivity contribution in [2.75, 3.05) is 0 Å². The summed E-state index contributed by atoms with van der Waals surface area (Å²) in [5.74, 6) is 1.52. The Morgan fingerprint density at radius 2 is 1.68 bits per heavy atom. The maximum atomic E-state index is 8.59. The quantitative estimate of drug-likeness (QED) is 0.310. The molecule has 0 spiro atoms. The van der Waals surface area contributed by atoms with Crippen molar-refractivity contribution in [3.63, 3.8) is 0 Å². The minimum atomic E-state index is -0.112. The summed E-state index contributed by atoms with van der Waals surface area (Å²) >= 11 is 0. The van der Waals surface area contributed by atoms with Gasteiger partial charge in [0.15, 0.2) is 5.84 Å². The Balaban J connectivity index is 1.59. The molecule has 0 amide bonds. The smallest absolute Gasteiger partial charge is 0.237 e. The Morgan fingerprint density at radius 3 is 2.32 bits per heavy atom. The summed E-state index contributed by atoms with van der Waals surface area (Å²) in [5.41, 5.74) is 6.79. The lowest BCUT2D eigenvalue weighted by atomic mass is 10.2. The largest absolute Gasteiger partial charge is 0.489 e. The van der Waals surface area contributed by atoms with Crippen LogP contribution in [0.15, 0.2) is 72.1 Å². The average molecular weight is 336 g/mol. The predicted octanol–water partition coefficient (Wildman–Crippen LogP) is 2.94. The number of nitrogens with zero attached hydrogens (tertiary/aromatic N) is 3. The Morgan fingerprint density at radius 1 is 0.960 bits per heavy atom. The maximum Gasteiger partial charge on any atom is 0.237 e. The zero-order chi connectivity index (χ0) is 17.5. The molecule has 0 bridgehead atoms. The van der Waals surface area contributed by atoms with Gasteiger partial charge in [-0.05, 0) is 29.8 Å². The van der Waals surface area contributed by atoms with E-state index in [-0.39, 0.29) is 11.5 Å². The zero-order valence-corrected chi connectivity index (χ0v) is 13.2. The van der Waals surface area contributed by atoms with Crippen molar-refractivity contribution in [2.45, 2.75) is 6.61 Å². The molecule has 126 valence electrons. The molecular weight excluding hydrogens is 320 g/mol. The molecule has 2 aromatic carbocycles. The monoisotopic (exact) mass is 336 g/mol. The van der Waals surface area contributed by atoms with Crippen molar-refractivity contribution >= 4 is 5.84 Å². The summed E-state index contributed by atoms with van der Waals surface area (Å²) < 4.78 is 11.3. The summed E-state index contributed by atoms with van der Waals surface area (Å²) in [4.78, 5) is 8.05. The van der Waals surface area contributed by atoms with E-state index in [1.807, 2.05) is 42.5 Å². The third-order valence-electron chi connectivity index (χ3n) is 3.29. The number of oxime groups is 1. The Bertz CT molecular complexity index is 834. The van der Waals surface area contributed by atoms with Crippen LogP contribution in [0.25, 0.3) is 0 Å². The fourth-order valence-corrected chi connectivity index (χ4v) is 2.02. The summed E-state index contributed by atoms with van der Waals surface area (Å²) in [6, 6.07) is 17.1. The van der Waals surface area contributed by atoms with Gasteiger partial charge >= 0.3 is 0 Å². The van der Waals surface area contributed by atoms with Gasteiger partial charge in [-0.2, -0.15) is 0 Å². The molecule has 0 saturated heterocycles. The number of nitrogens with two attached hydrogens (primary N) is 1. The first-order chi connectivity index (χ1) is 12.2. The SMILES string of the molecule is N/C(=N/O)c1cnc(Oc2ccc(OCc3ccccc3)cc2)cn1.